The standard InChI is InChI=1S/C12H20N2O3S/c1-5-17-12(15)10-11(18-7-13-10)14-9(6-16-4)8(2)3/h7-9,14H,5-6H2,1-4H3. The molecule has 1 N–H and O–H groups in total. The van der Waals surface area contributed by atoms with Gasteiger partial charge in [0.1, 0.15) is 5.00 Å². The fourth-order valence-corrected chi connectivity index (χ4v) is 2.17. The van der Waals surface area contributed by atoms with Crippen LogP contribution in [0.4, 0.5) is 5.00 Å². The van der Waals surface area contributed by atoms with E-state index in [0.29, 0.717) is 24.8 Å². The molecule has 18 heavy (non-hydrogen) atoms. The Kier molecular flexibility index (Phi) is 6.07. The van der Waals surface area contributed by atoms with Crippen LogP contribution in [0.2, 0.25) is 0 Å². The third-order valence-electron chi connectivity index (χ3n) is 2.50. The molecule has 6 heteroatoms. The number of carbonyl (C=O) groups is 1. The van der Waals surface area contributed by atoms with Gasteiger partial charge in [-0.15, -0.1) is 11.3 Å². The first kappa shape index (κ1) is 14.9. The van der Waals surface area contributed by atoms with Gasteiger partial charge in [0.25, 0.3) is 0 Å². The second-order valence-electron chi connectivity index (χ2n) is 4.20. The normalized spacial score (nSPS) is 12.5. The molecule has 1 unspecified atom stereocenters. The van der Waals surface area contributed by atoms with Crippen molar-refractivity contribution in [2.24, 2.45) is 5.92 Å². The van der Waals surface area contributed by atoms with E-state index in [2.05, 4.69) is 24.1 Å². The van der Waals surface area contributed by atoms with E-state index < -0.39 is 0 Å². The molecular formula is C12H20N2O3S. The lowest BCUT2D eigenvalue weighted by molar-refractivity contribution is 0.0521. The molecule has 1 heterocycles. The Labute approximate surface area is 112 Å². The van der Waals surface area contributed by atoms with E-state index in [1.54, 1.807) is 19.5 Å². The monoisotopic (exact) mass is 272 g/mol. The summed E-state index contributed by atoms with van der Waals surface area (Å²) in [7, 11) is 1.66. The predicted molar refractivity (Wildman–Crippen MR) is 72.2 cm³/mol. The zero-order chi connectivity index (χ0) is 13.5. The lowest BCUT2D eigenvalue weighted by Crippen LogP contribution is -2.30. The van der Waals surface area contributed by atoms with Crippen LogP contribution in [-0.4, -0.2) is 37.3 Å². The largest absolute Gasteiger partial charge is 0.461 e. The third-order valence-corrected chi connectivity index (χ3v) is 3.26. The second-order valence-corrected chi connectivity index (χ2v) is 5.06. The highest BCUT2D eigenvalue weighted by Crippen LogP contribution is 2.23. The number of nitrogens with one attached hydrogen (secondary N) is 1. The van der Waals surface area contributed by atoms with Crippen LogP contribution in [0.25, 0.3) is 0 Å². The van der Waals surface area contributed by atoms with Gasteiger partial charge >= 0.3 is 5.97 Å². The number of rotatable bonds is 7. The van der Waals surface area contributed by atoms with Crippen LogP contribution < -0.4 is 5.32 Å². The number of thiazole rings is 1. The fourth-order valence-electron chi connectivity index (χ4n) is 1.44. The van der Waals surface area contributed by atoms with Crippen LogP contribution in [-0.2, 0) is 9.47 Å². The Hall–Kier alpha value is -1.14. The Morgan fingerprint density at radius 3 is 2.83 bits per heavy atom. The summed E-state index contributed by atoms with van der Waals surface area (Å²) in [6.07, 6.45) is 0. The number of aromatic nitrogens is 1. The van der Waals surface area contributed by atoms with Gasteiger partial charge in [0.15, 0.2) is 5.69 Å². The molecule has 0 saturated carbocycles. The molecule has 0 spiro atoms. The number of anilines is 1. The minimum absolute atomic E-state index is 0.142. The van der Waals surface area contributed by atoms with Gasteiger partial charge in [0, 0.05) is 7.11 Å². The summed E-state index contributed by atoms with van der Waals surface area (Å²) < 4.78 is 10.1. The number of ether oxygens (including phenoxy) is 2. The van der Waals surface area contributed by atoms with Crippen molar-refractivity contribution in [3.63, 3.8) is 0 Å². The maximum atomic E-state index is 11.7. The number of hydrogen-bond donors (Lipinski definition) is 1. The molecule has 0 amide bonds. The average Bonchev–Trinajstić information content (AvgIpc) is 2.77. The van der Waals surface area contributed by atoms with Gasteiger partial charge in [0.05, 0.1) is 24.8 Å². The van der Waals surface area contributed by atoms with Crippen molar-refractivity contribution in [3.05, 3.63) is 11.2 Å². The Morgan fingerprint density at radius 1 is 1.56 bits per heavy atom. The molecule has 0 aliphatic heterocycles. The second kappa shape index (κ2) is 7.33. The number of nitrogens with zero attached hydrogens (tertiary/aromatic N) is 1. The highest BCUT2D eigenvalue weighted by atomic mass is 32.1. The van der Waals surface area contributed by atoms with Crippen LogP contribution in [0.5, 0.6) is 0 Å². The fraction of sp³-hybridized carbons (Fsp3) is 0.667. The van der Waals surface area contributed by atoms with Crippen molar-refractivity contribution in [2.45, 2.75) is 26.8 Å². The van der Waals surface area contributed by atoms with Crippen LogP contribution in [0.3, 0.4) is 0 Å². The van der Waals surface area contributed by atoms with Crippen LogP contribution in [0.15, 0.2) is 5.51 Å². The minimum atomic E-state index is -0.388. The van der Waals surface area contributed by atoms with Gasteiger partial charge in [-0.1, -0.05) is 13.8 Å². The lowest BCUT2D eigenvalue weighted by atomic mass is 10.1. The predicted octanol–water partition coefficient (Wildman–Crippen LogP) is 2.40. The first-order valence-corrected chi connectivity index (χ1v) is 6.84. The van der Waals surface area contributed by atoms with E-state index >= 15 is 0 Å². The maximum absolute atomic E-state index is 11.7. The van der Waals surface area contributed by atoms with E-state index in [4.69, 9.17) is 9.47 Å². The van der Waals surface area contributed by atoms with Gasteiger partial charge in [-0.05, 0) is 12.8 Å². The molecule has 5 nitrogen and oxygen atoms in total. The van der Waals surface area contributed by atoms with Crippen molar-refractivity contribution < 1.29 is 14.3 Å². The molecule has 0 bridgehead atoms. The smallest absolute Gasteiger partial charge is 0.360 e. The summed E-state index contributed by atoms with van der Waals surface area (Å²) in [5, 5.41) is 4.04. The van der Waals surface area contributed by atoms with E-state index in [1.165, 1.54) is 11.3 Å². The summed E-state index contributed by atoms with van der Waals surface area (Å²) in [5.41, 5.74) is 1.99. The van der Waals surface area contributed by atoms with E-state index in [0.717, 1.165) is 5.00 Å². The summed E-state index contributed by atoms with van der Waals surface area (Å²) in [5.74, 6) is 0.00303. The van der Waals surface area contributed by atoms with E-state index in [1.807, 2.05) is 0 Å². The molecule has 0 aliphatic carbocycles. The summed E-state index contributed by atoms with van der Waals surface area (Å²) in [6, 6.07) is 0.142. The van der Waals surface area contributed by atoms with Crippen LogP contribution >= 0.6 is 11.3 Å². The molecule has 1 atom stereocenters. The number of methoxy groups -OCH3 is 1. The van der Waals surface area contributed by atoms with Gasteiger partial charge in [-0.25, -0.2) is 9.78 Å². The number of carbonyl (C=O) groups excluding carboxylic acids is 1. The first-order chi connectivity index (χ1) is 8.60. The van der Waals surface area contributed by atoms with E-state index in [-0.39, 0.29) is 12.0 Å². The lowest BCUT2D eigenvalue weighted by Gasteiger charge is -2.21. The van der Waals surface area contributed by atoms with Crippen molar-refractivity contribution in [1.82, 2.24) is 4.98 Å². The molecule has 1 rings (SSSR count). The van der Waals surface area contributed by atoms with Crippen molar-refractivity contribution in [3.8, 4) is 0 Å². The topological polar surface area (TPSA) is 60.5 Å². The number of esters is 1. The maximum Gasteiger partial charge on any atom is 0.360 e. The van der Waals surface area contributed by atoms with Gasteiger partial charge < -0.3 is 14.8 Å². The molecular weight excluding hydrogens is 252 g/mol. The molecule has 1 aromatic heterocycles. The Morgan fingerprint density at radius 2 is 2.28 bits per heavy atom. The average molecular weight is 272 g/mol. The highest BCUT2D eigenvalue weighted by Gasteiger charge is 2.20. The summed E-state index contributed by atoms with van der Waals surface area (Å²) in [6.45, 7) is 6.90. The van der Waals surface area contributed by atoms with Crippen molar-refractivity contribution in [1.29, 1.82) is 0 Å². The summed E-state index contributed by atoms with van der Waals surface area (Å²) >= 11 is 1.40. The quantitative estimate of drug-likeness (QED) is 0.772. The SMILES string of the molecule is CCOC(=O)c1ncsc1NC(COC)C(C)C. The van der Waals surface area contributed by atoms with E-state index in [9.17, 15) is 4.79 Å². The van der Waals surface area contributed by atoms with Gasteiger partial charge in [0.2, 0.25) is 0 Å². The molecule has 1 aromatic rings. The van der Waals surface area contributed by atoms with Crippen molar-refractivity contribution >= 4 is 22.3 Å². The zero-order valence-corrected chi connectivity index (χ0v) is 12.0. The third kappa shape index (κ3) is 3.96. The molecule has 0 aliphatic rings. The Balaban J connectivity index is 2.77. The molecule has 0 saturated heterocycles. The molecule has 0 aromatic carbocycles. The van der Waals surface area contributed by atoms with Crippen LogP contribution in [0, 0.1) is 5.92 Å². The molecule has 102 valence electrons. The number of hydrogen-bond acceptors (Lipinski definition) is 6. The molecule has 0 fully saturated rings. The van der Waals surface area contributed by atoms with Crippen LogP contribution in [0.1, 0.15) is 31.3 Å². The first-order valence-electron chi connectivity index (χ1n) is 5.96. The Bertz CT molecular complexity index is 379. The highest BCUT2D eigenvalue weighted by molar-refractivity contribution is 7.14. The zero-order valence-electron chi connectivity index (χ0n) is 11.2. The van der Waals surface area contributed by atoms with Gasteiger partial charge in [-0.3, -0.25) is 0 Å². The van der Waals surface area contributed by atoms with Crippen molar-refractivity contribution in [2.75, 3.05) is 25.6 Å². The molecule has 0 radical (unpaired) electrons. The van der Waals surface area contributed by atoms with Gasteiger partial charge in [-0.2, -0.15) is 0 Å². The summed E-state index contributed by atoms with van der Waals surface area (Å²) in [4.78, 5) is 15.7. The minimum Gasteiger partial charge on any atom is -0.461 e.